The molecule has 1 unspecified atom stereocenters. The van der Waals surface area contributed by atoms with Crippen LogP contribution in [0.4, 0.5) is 0 Å². The molecule has 1 aromatic rings. The molecular formula is C13H21BrN2O2S2. The molecule has 0 saturated heterocycles. The summed E-state index contributed by atoms with van der Waals surface area (Å²) in [7, 11) is -3.50. The fourth-order valence-electron chi connectivity index (χ4n) is 1.68. The second-order valence-electron chi connectivity index (χ2n) is 4.48. The molecule has 0 saturated carbocycles. The largest absolute Gasteiger partial charge is 0.326 e. The van der Waals surface area contributed by atoms with Crippen LogP contribution in [-0.4, -0.2) is 26.0 Å². The number of sulfonamides is 1. The summed E-state index contributed by atoms with van der Waals surface area (Å²) < 4.78 is 27.9. The average molecular weight is 381 g/mol. The van der Waals surface area contributed by atoms with Crippen molar-refractivity contribution in [1.82, 2.24) is 4.72 Å². The Morgan fingerprint density at radius 3 is 2.70 bits per heavy atom. The molecule has 0 aliphatic carbocycles. The molecule has 0 aromatic heterocycles. The van der Waals surface area contributed by atoms with Crippen molar-refractivity contribution in [2.24, 2.45) is 5.73 Å². The minimum Gasteiger partial charge on any atom is -0.326 e. The lowest BCUT2D eigenvalue weighted by atomic mass is 10.2. The summed E-state index contributed by atoms with van der Waals surface area (Å²) in [4.78, 5) is 0.254. The topological polar surface area (TPSA) is 72.2 Å². The lowest BCUT2D eigenvalue weighted by Gasteiger charge is -2.15. The Hall–Kier alpha value is -0.0800. The van der Waals surface area contributed by atoms with Gasteiger partial charge in [0.15, 0.2) is 0 Å². The number of thioether (sulfide) groups is 1. The van der Waals surface area contributed by atoms with Crippen molar-refractivity contribution in [3.63, 3.8) is 0 Å². The molecule has 0 fully saturated rings. The summed E-state index contributed by atoms with van der Waals surface area (Å²) in [6.07, 6.45) is 0.816. The number of nitrogens with two attached hydrogens (primary N) is 1. The van der Waals surface area contributed by atoms with Crippen molar-refractivity contribution in [1.29, 1.82) is 0 Å². The second-order valence-corrected chi connectivity index (χ2v) is 8.41. The predicted molar refractivity (Wildman–Crippen MR) is 89.4 cm³/mol. The lowest BCUT2D eigenvalue weighted by Crippen LogP contribution is -2.33. The Morgan fingerprint density at radius 1 is 1.45 bits per heavy atom. The zero-order valence-electron chi connectivity index (χ0n) is 11.7. The summed E-state index contributed by atoms with van der Waals surface area (Å²) >= 11 is 5.11. The first-order valence-corrected chi connectivity index (χ1v) is 9.92. The first-order chi connectivity index (χ1) is 9.40. The zero-order chi connectivity index (χ0) is 15.2. The first-order valence-electron chi connectivity index (χ1n) is 6.49. The molecule has 1 rings (SSSR count). The molecule has 20 heavy (non-hydrogen) atoms. The molecule has 0 aliphatic heterocycles. The molecule has 1 atom stereocenters. The Morgan fingerprint density at radius 2 is 2.15 bits per heavy atom. The fourth-order valence-corrected chi connectivity index (χ4v) is 4.89. The molecule has 0 aliphatic rings. The SMILES string of the molecule is CCSCCC(C)NS(=O)(=O)c1ccc(CN)cc1Br. The van der Waals surface area contributed by atoms with Gasteiger partial charge in [0.1, 0.15) is 0 Å². The van der Waals surface area contributed by atoms with Gasteiger partial charge in [-0.25, -0.2) is 13.1 Å². The highest BCUT2D eigenvalue weighted by Gasteiger charge is 2.20. The Kier molecular flexibility index (Phi) is 7.53. The molecule has 7 heteroatoms. The van der Waals surface area contributed by atoms with Crippen LogP contribution in [0, 0.1) is 0 Å². The van der Waals surface area contributed by atoms with Gasteiger partial charge in [-0.3, -0.25) is 0 Å². The molecule has 4 nitrogen and oxygen atoms in total. The van der Waals surface area contributed by atoms with Gasteiger partial charge in [0.05, 0.1) is 4.90 Å². The van der Waals surface area contributed by atoms with E-state index in [2.05, 4.69) is 27.6 Å². The van der Waals surface area contributed by atoms with Crippen molar-refractivity contribution in [2.75, 3.05) is 11.5 Å². The lowest BCUT2D eigenvalue weighted by molar-refractivity contribution is 0.556. The van der Waals surface area contributed by atoms with E-state index in [0.717, 1.165) is 23.5 Å². The predicted octanol–water partition coefficient (Wildman–Crippen LogP) is 2.72. The normalized spacial score (nSPS) is 13.4. The minimum atomic E-state index is -3.50. The summed E-state index contributed by atoms with van der Waals surface area (Å²) in [5.74, 6) is 2.00. The van der Waals surface area contributed by atoms with Crippen molar-refractivity contribution in [3.8, 4) is 0 Å². The van der Waals surface area contributed by atoms with Crippen molar-refractivity contribution < 1.29 is 8.42 Å². The molecule has 114 valence electrons. The van der Waals surface area contributed by atoms with Gasteiger partial charge in [-0.2, -0.15) is 11.8 Å². The van der Waals surface area contributed by atoms with Crippen LogP contribution in [-0.2, 0) is 16.6 Å². The Balaban J connectivity index is 2.78. The van der Waals surface area contributed by atoms with E-state index in [9.17, 15) is 8.42 Å². The van der Waals surface area contributed by atoms with Gasteiger partial charge < -0.3 is 5.73 Å². The third-order valence-corrected chi connectivity index (χ3v) is 6.28. The van der Waals surface area contributed by atoms with Gasteiger partial charge in [0, 0.05) is 17.1 Å². The van der Waals surface area contributed by atoms with Gasteiger partial charge in [-0.1, -0.05) is 13.0 Å². The zero-order valence-corrected chi connectivity index (χ0v) is 14.9. The molecule has 0 bridgehead atoms. The maximum Gasteiger partial charge on any atom is 0.241 e. The molecule has 0 spiro atoms. The van der Waals surface area contributed by atoms with Crippen LogP contribution < -0.4 is 10.5 Å². The Labute approximate surface area is 134 Å². The van der Waals surface area contributed by atoms with Crippen LogP contribution >= 0.6 is 27.7 Å². The number of rotatable bonds is 8. The van der Waals surface area contributed by atoms with E-state index in [1.54, 1.807) is 18.2 Å². The monoisotopic (exact) mass is 380 g/mol. The summed E-state index contributed by atoms with van der Waals surface area (Å²) in [5, 5.41) is 0. The van der Waals surface area contributed by atoms with Gasteiger partial charge in [-0.15, -0.1) is 0 Å². The van der Waals surface area contributed by atoms with E-state index in [-0.39, 0.29) is 10.9 Å². The van der Waals surface area contributed by atoms with Crippen molar-refractivity contribution in [3.05, 3.63) is 28.2 Å². The minimum absolute atomic E-state index is 0.0832. The number of benzene rings is 1. The number of hydrogen-bond acceptors (Lipinski definition) is 4. The smallest absolute Gasteiger partial charge is 0.241 e. The maximum absolute atomic E-state index is 12.3. The summed E-state index contributed by atoms with van der Waals surface area (Å²) in [6.45, 7) is 4.36. The van der Waals surface area contributed by atoms with E-state index in [0.29, 0.717) is 11.0 Å². The van der Waals surface area contributed by atoms with Gasteiger partial charge in [0.2, 0.25) is 10.0 Å². The van der Waals surface area contributed by atoms with Crippen LogP contribution in [0.1, 0.15) is 25.8 Å². The average Bonchev–Trinajstić information content (AvgIpc) is 2.37. The van der Waals surface area contributed by atoms with Crippen LogP contribution in [0.3, 0.4) is 0 Å². The number of halogens is 1. The van der Waals surface area contributed by atoms with Crippen LogP contribution in [0.15, 0.2) is 27.6 Å². The highest BCUT2D eigenvalue weighted by atomic mass is 79.9. The van der Waals surface area contributed by atoms with E-state index >= 15 is 0 Å². The van der Waals surface area contributed by atoms with E-state index < -0.39 is 10.0 Å². The van der Waals surface area contributed by atoms with E-state index in [1.807, 2.05) is 18.7 Å². The van der Waals surface area contributed by atoms with Crippen LogP contribution in [0.5, 0.6) is 0 Å². The van der Waals surface area contributed by atoms with Crippen molar-refractivity contribution in [2.45, 2.75) is 37.8 Å². The van der Waals surface area contributed by atoms with E-state index in [4.69, 9.17) is 5.73 Å². The summed E-state index contributed by atoms with van der Waals surface area (Å²) in [6, 6.07) is 4.98. The van der Waals surface area contributed by atoms with Gasteiger partial charge in [-0.05, 0) is 58.5 Å². The highest BCUT2D eigenvalue weighted by molar-refractivity contribution is 9.10. The number of hydrogen-bond donors (Lipinski definition) is 2. The Bertz CT molecular complexity index is 535. The third kappa shape index (κ3) is 5.37. The van der Waals surface area contributed by atoms with Crippen LogP contribution in [0.2, 0.25) is 0 Å². The first kappa shape index (κ1) is 18.0. The molecule has 1 aromatic carbocycles. The fraction of sp³-hybridized carbons (Fsp3) is 0.538. The second kappa shape index (κ2) is 8.38. The molecular weight excluding hydrogens is 360 g/mol. The standard InChI is InChI=1S/C13H21BrN2O2S2/c1-3-19-7-6-10(2)16-20(17,18)13-5-4-11(9-15)8-12(13)14/h4-5,8,10,16H,3,6-7,9,15H2,1-2H3. The summed E-state index contributed by atoms with van der Waals surface area (Å²) in [5.41, 5.74) is 6.43. The van der Waals surface area contributed by atoms with Crippen molar-refractivity contribution >= 4 is 37.7 Å². The molecule has 3 N–H and O–H groups in total. The number of nitrogens with one attached hydrogen (secondary N) is 1. The molecule has 0 radical (unpaired) electrons. The quantitative estimate of drug-likeness (QED) is 0.680. The van der Waals surface area contributed by atoms with Gasteiger partial charge in [0.25, 0.3) is 0 Å². The molecule has 0 amide bonds. The molecule has 0 heterocycles. The third-order valence-electron chi connectivity index (χ3n) is 2.78. The van der Waals surface area contributed by atoms with Gasteiger partial charge >= 0.3 is 0 Å². The maximum atomic E-state index is 12.3. The van der Waals surface area contributed by atoms with E-state index in [1.165, 1.54) is 0 Å². The highest BCUT2D eigenvalue weighted by Crippen LogP contribution is 2.23. The van der Waals surface area contributed by atoms with Crippen LogP contribution in [0.25, 0.3) is 0 Å².